The van der Waals surface area contributed by atoms with Gasteiger partial charge in [-0.2, -0.15) is 0 Å². The maximum atomic E-state index is 13.3. The molecule has 0 saturated heterocycles. The topological polar surface area (TPSA) is 88.2 Å². The Morgan fingerprint density at radius 1 is 1.22 bits per heavy atom. The molecule has 1 aromatic heterocycles. The van der Waals surface area contributed by atoms with E-state index in [4.69, 9.17) is 0 Å². The maximum absolute atomic E-state index is 13.3. The van der Waals surface area contributed by atoms with Gasteiger partial charge in [0.05, 0.1) is 17.1 Å². The smallest absolute Gasteiger partial charge is 0.251 e. The summed E-state index contributed by atoms with van der Waals surface area (Å²) in [5, 5.41) is 2.73. The maximum Gasteiger partial charge on any atom is 0.251 e. The van der Waals surface area contributed by atoms with Gasteiger partial charge >= 0.3 is 0 Å². The molecule has 1 heterocycles. The van der Waals surface area contributed by atoms with Crippen molar-refractivity contribution in [2.45, 2.75) is 49.6 Å². The van der Waals surface area contributed by atoms with Gasteiger partial charge in [-0.1, -0.05) is 18.9 Å². The van der Waals surface area contributed by atoms with Crippen LogP contribution in [0.15, 0.2) is 47.6 Å². The molecule has 1 saturated carbocycles. The molecule has 2 aromatic rings. The zero-order valence-corrected chi connectivity index (χ0v) is 15.8. The second kappa shape index (κ2) is 8.14. The van der Waals surface area contributed by atoms with Gasteiger partial charge in [0.2, 0.25) is 10.0 Å². The van der Waals surface area contributed by atoms with Crippen molar-refractivity contribution < 1.29 is 17.6 Å². The first-order chi connectivity index (χ1) is 12.8. The number of carbonyl (C=O) groups is 1. The average molecular weight is 391 g/mol. The molecule has 0 unspecified atom stereocenters. The molecule has 2 N–H and O–H groups in total. The molecule has 144 valence electrons. The Morgan fingerprint density at radius 2 is 1.96 bits per heavy atom. The fourth-order valence-corrected chi connectivity index (χ4v) is 4.51. The van der Waals surface area contributed by atoms with Crippen LogP contribution in [0.1, 0.15) is 54.6 Å². The van der Waals surface area contributed by atoms with Gasteiger partial charge in [-0.15, -0.1) is 0 Å². The van der Waals surface area contributed by atoms with E-state index in [1.807, 2.05) is 0 Å². The van der Waals surface area contributed by atoms with Crippen LogP contribution in [0.3, 0.4) is 0 Å². The quantitative estimate of drug-likeness (QED) is 0.792. The molecule has 0 spiro atoms. The normalized spacial score (nSPS) is 16.2. The summed E-state index contributed by atoms with van der Waals surface area (Å²) in [4.78, 5) is 16.3. The zero-order valence-electron chi connectivity index (χ0n) is 15.0. The van der Waals surface area contributed by atoms with Crippen LogP contribution in [-0.4, -0.2) is 25.4 Å². The Morgan fingerprint density at radius 3 is 2.67 bits per heavy atom. The van der Waals surface area contributed by atoms with Crippen LogP contribution in [0.25, 0.3) is 0 Å². The number of nitrogens with zero attached hydrogens (tertiary/aromatic N) is 1. The van der Waals surface area contributed by atoms with Crippen LogP contribution in [0.5, 0.6) is 0 Å². The number of hydrogen-bond donors (Lipinski definition) is 2. The highest BCUT2D eigenvalue weighted by molar-refractivity contribution is 7.89. The van der Waals surface area contributed by atoms with Crippen molar-refractivity contribution in [1.29, 1.82) is 0 Å². The van der Waals surface area contributed by atoms with Crippen LogP contribution in [0, 0.1) is 5.82 Å². The van der Waals surface area contributed by atoms with Crippen LogP contribution in [0.4, 0.5) is 4.39 Å². The fraction of sp³-hybridized carbons (Fsp3) is 0.368. The van der Waals surface area contributed by atoms with Crippen molar-refractivity contribution in [3.05, 3.63) is 59.7 Å². The summed E-state index contributed by atoms with van der Waals surface area (Å²) in [6.07, 6.45) is 6.26. The molecule has 0 bridgehead atoms. The first-order valence-electron chi connectivity index (χ1n) is 8.89. The van der Waals surface area contributed by atoms with Crippen molar-refractivity contribution in [2.24, 2.45) is 0 Å². The summed E-state index contributed by atoms with van der Waals surface area (Å²) in [7, 11) is -3.68. The summed E-state index contributed by atoms with van der Waals surface area (Å²) in [6.45, 7) is 1.70. The van der Waals surface area contributed by atoms with E-state index in [1.165, 1.54) is 30.5 Å². The van der Waals surface area contributed by atoms with E-state index in [2.05, 4.69) is 15.0 Å². The Balaban J connectivity index is 1.73. The summed E-state index contributed by atoms with van der Waals surface area (Å²) >= 11 is 0. The third-order valence-electron chi connectivity index (χ3n) is 4.66. The minimum atomic E-state index is -3.68. The molecule has 0 aliphatic heterocycles. The molecule has 1 atom stereocenters. The summed E-state index contributed by atoms with van der Waals surface area (Å²) < 4.78 is 41.1. The highest BCUT2D eigenvalue weighted by Crippen LogP contribution is 2.21. The molecular formula is C19H22FN3O3S. The van der Waals surface area contributed by atoms with Crippen molar-refractivity contribution >= 4 is 15.9 Å². The van der Waals surface area contributed by atoms with Crippen LogP contribution in [0.2, 0.25) is 0 Å². The molecule has 3 rings (SSSR count). The molecule has 1 fully saturated rings. The van der Waals surface area contributed by atoms with Gasteiger partial charge in [-0.05, 0) is 49.6 Å². The molecule has 1 aliphatic rings. The van der Waals surface area contributed by atoms with Crippen molar-refractivity contribution in [3.8, 4) is 0 Å². The minimum absolute atomic E-state index is 0.0482. The largest absolute Gasteiger partial charge is 0.345 e. The minimum Gasteiger partial charge on any atom is -0.345 e. The molecular weight excluding hydrogens is 369 g/mol. The van der Waals surface area contributed by atoms with Crippen molar-refractivity contribution in [2.75, 3.05) is 0 Å². The number of carbonyl (C=O) groups excluding carboxylic acids is 1. The number of nitrogens with one attached hydrogen (secondary N) is 2. The summed E-state index contributed by atoms with van der Waals surface area (Å²) in [5.74, 6) is -0.927. The Labute approximate surface area is 158 Å². The van der Waals surface area contributed by atoms with Crippen LogP contribution in [-0.2, 0) is 10.0 Å². The van der Waals surface area contributed by atoms with Gasteiger partial charge in [0.1, 0.15) is 5.82 Å². The highest BCUT2D eigenvalue weighted by Gasteiger charge is 2.23. The third kappa shape index (κ3) is 4.90. The Bertz CT molecular complexity index is 927. The molecule has 6 nitrogen and oxygen atoms in total. The predicted molar refractivity (Wildman–Crippen MR) is 99.1 cm³/mol. The zero-order chi connectivity index (χ0) is 19.4. The number of pyridine rings is 1. The van der Waals surface area contributed by atoms with E-state index in [9.17, 15) is 17.6 Å². The van der Waals surface area contributed by atoms with Crippen molar-refractivity contribution in [3.63, 3.8) is 0 Å². The summed E-state index contributed by atoms with van der Waals surface area (Å²) in [6, 6.07) is 6.67. The third-order valence-corrected chi connectivity index (χ3v) is 6.18. The summed E-state index contributed by atoms with van der Waals surface area (Å²) in [5.41, 5.74) is 0.746. The lowest BCUT2D eigenvalue weighted by atomic mass is 10.1. The van der Waals surface area contributed by atoms with E-state index in [-0.39, 0.29) is 16.5 Å². The highest BCUT2D eigenvalue weighted by atomic mass is 32.2. The second-order valence-electron chi connectivity index (χ2n) is 6.76. The Kier molecular flexibility index (Phi) is 5.86. The lowest BCUT2D eigenvalue weighted by Crippen LogP contribution is -2.33. The number of rotatable bonds is 6. The molecule has 0 radical (unpaired) electrons. The first-order valence-corrected chi connectivity index (χ1v) is 10.4. The average Bonchev–Trinajstić information content (AvgIpc) is 3.14. The lowest BCUT2D eigenvalue weighted by Gasteiger charge is -2.15. The second-order valence-corrected chi connectivity index (χ2v) is 8.48. The fourth-order valence-electron chi connectivity index (χ4n) is 3.16. The van der Waals surface area contributed by atoms with E-state index >= 15 is 0 Å². The predicted octanol–water partition coefficient (Wildman–Crippen LogP) is 2.93. The number of aromatic nitrogens is 1. The monoisotopic (exact) mass is 391 g/mol. The standard InChI is InChI=1S/C19H22FN3O3S/c1-13(15-9-16(20)12-21-11-15)22-19(24)14-5-4-8-18(10-14)27(25,26)23-17-6-2-3-7-17/h4-5,8-13,17,23H,2-3,6-7H2,1H3,(H,22,24)/t13-/m1/s1. The molecule has 1 aromatic carbocycles. The number of benzene rings is 1. The van der Waals surface area contributed by atoms with Gasteiger partial charge < -0.3 is 5.32 Å². The van der Waals surface area contributed by atoms with Crippen LogP contribution < -0.4 is 10.0 Å². The van der Waals surface area contributed by atoms with E-state index in [0.717, 1.165) is 31.9 Å². The lowest BCUT2D eigenvalue weighted by molar-refractivity contribution is 0.0939. The van der Waals surface area contributed by atoms with Gasteiger partial charge in [0.25, 0.3) is 5.91 Å². The number of halogens is 1. The van der Waals surface area contributed by atoms with Crippen LogP contribution >= 0.6 is 0 Å². The van der Waals surface area contributed by atoms with Gasteiger partial charge in [0, 0.05) is 17.8 Å². The number of amides is 1. The SMILES string of the molecule is C[C@@H](NC(=O)c1cccc(S(=O)(=O)NC2CCCC2)c1)c1cncc(F)c1. The van der Waals surface area contributed by atoms with Gasteiger partial charge in [-0.25, -0.2) is 17.5 Å². The van der Waals surface area contributed by atoms with E-state index < -0.39 is 27.8 Å². The molecule has 27 heavy (non-hydrogen) atoms. The molecule has 1 amide bonds. The number of hydrogen-bond acceptors (Lipinski definition) is 4. The number of sulfonamides is 1. The van der Waals surface area contributed by atoms with Gasteiger partial charge in [-0.3, -0.25) is 9.78 Å². The molecule has 1 aliphatic carbocycles. The molecule has 8 heteroatoms. The van der Waals surface area contributed by atoms with Gasteiger partial charge in [0.15, 0.2) is 0 Å². The van der Waals surface area contributed by atoms with Crippen molar-refractivity contribution in [1.82, 2.24) is 15.0 Å². The Hall–Kier alpha value is -2.32. The van der Waals surface area contributed by atoms with E-state index in [0.29, 0.717) is 5.56 Å². The van der Waals surface area contributed by atoms with E-state index in [1.54, 1.807) is 13.0 Å². The first kappa shape index (κ1) is 19.4.